The van der Waals surface area contributed by atoms with Gasteiger partial charge in [-0.3, -0.25) is 0 Å². The predicted molar refractivity (Wildman–Crippen MR) is 251 cm³/mol. The van der Waals surface area contributed by atoms with Crippen LogP contribution in [-0.4, -0.2) is 18.5 Å². The van der Waals surface area contributed by atoms with Gasteiger partial charge in [0.25, 0.3) is 0 Å². The first-order valence-corrected chi connectivity index (χ1v) is 21.4. The van der Waals surface area contributed by atoms with Crippen molar-refractivity contribution < 1.29 is 42.8 Å². The van der Waals surface area contributed by atoms with E-state index in [2.05, 4.69) is 60.6 Å². The smallest absolute Gasteiger partial charge is 0.395 e. The molecule has 0 saturated carbocycles. The Morgan fingerprint density at radius 2 is 0.538 bits per heavy atom. The van der Waals surface area contributed by atoms with Gasteiger partial charge in [0.15, 0.2) is 0 Å². The van der Waals surface area contributed by atoms with Crippen LogP contribution >= 0.6 is 0 Å². The molecule has 9 nitrogen and oxygen atoms in total. The maximum absolute atomic E-state index is 12.9. The van der Waals surface area contributed by atoms with Crippen molar-refractivity contribution >= 4 is 18.5 Å². The highest BCUT2D eigenvalue weighted by molar-refractivity contribution is 5.69. The molecular weight excluding hydrogens is 817 g/mol. The minimum absolute atomic E-state index is 0.00566. The fourth-order valence-corrected chi connectivity index (χ4v) is 7.26. The van der Waals surface area contributed by atoms with Crippen LogP contribution in [0.2, 0.25) is 0 Å². The van der Waals surface area contributed by atoms with Crippen molar-refractivity contribution in [3.63, 3.8) is 0 Å². The number of hydrogen-bond acceptors (Lipinski definition) is 9. The molecule has 0 saturated heterocycles. The molecule has 0 heterocycles. The van der Waals surface area contributed by atoms with Crippen molar-refractivity contribution in [2.75, 3.05) is 0 Å². The van der Waals surface area contributed by atoms with Gasteiger partial charge in [-0.2, -0.15) is 0 Å². The fourth-order valence-electron chi connectivity index (χ4n) is 7.26. The van der Waals surface area contributed by atoms with Crippen molar-refractivity contribution in [1.29, 1.82) is 0 Å². The molecule has 0 aliphatic rings. The van der Waals surface area contributed by atoms with Crippen molar-refractivity contribution in [3.8, 4) is 34.5 Å². The summed E-state index contributed by atoms with van der Waals surface area (Å²) >= 11 is 0. The molecule has 0 N–H and O–H groups in total. The maximum atomic E-state index is 12.9. The lowest BCUT2D eigenvalue weighted by Crippen LogP contribution is -2.25. The van der Waals surface area contributed by atoms with E-state index in [9.17, 15) is 14.4 Å². The molecule has 7 rings (SSSR count). The molecule has 65 heavy (non-hydrogen) atoms. The molecule has 0 amide bonds. The average molecular weight is 869 g/mol. The van der Waals surface area contributed by atoms with E-state index in [0.29, 0.717) is 40.9 Å². The monoisotopic (exact) mass is 868 g/mol. The van der Waals surface area contributed by atoms with E-state index in [1.165, 1.54) is 0 Å². The van der Waals surface area contributed by atoms with Gasteiger partial charge in [0, 0.05) is 5.41 Å². The predicted octanol–water partition coefficient (Wildman–Crippen LogP) is 14.0. The summed E-state index contributed by atoms with van der Waals surface area (Å²) in [6.45, 7) is 14.8. The van der Waals surface area contributed by atoms with Gasteiger partial charge in [-0.25, -0.2) is 14.4 Å². The third-order valence-electron chi connectivity index (χ3n) is 11.1. The van der Waals surface area contributed by atoms with Gasteiger partial charge in [-0.15, -0.1) is 0 Å². The number of benzene rings is 7. The summed E-state index contributed by atoms with van der Waals surface area (Å²) < 4.78 is 32.7. The molecule has 9 heteroatoms. The second-order valence-corrected chi connectivity index (χ2v) is 17.9. The number of hydrogen-bond donors (Lipinski definition) is 0. The van der Waals surface area contributed by atoms with Gasteiger partial charge in [-0.1, -0.05) is 145 Å². The molecule has 0 aromatic heterocycles. The van der Waals surface area contributed by atoms with Gasteiger partial charge < -0.3 is 28.4 Å². The lowest BCUT2D eigenvalue weighted by atomic mass is 9.71. The third kappa shape index (κ3) is 11.9. The van der Waals surface area contributed by atoms with Crippen LogP contribution in [0.1, 0.15) is 87.4 Å². The van der Waals surface area contributed by atoms with Crippen LogP contribution in [0.25, 0.3) is 0 Å². The summed E-state index contributed by atoms with van der Waals surface area (Å²) in [5.41, 5.74) is 6.51. The second kappa shape index (κ2) is 19.4. The minimum atomic E-state index is -0.872. The van der Waals surface area contributed by atoms with E-state index in [-0.39, 0.29) is 10.8 Å². The quantitative estimate of drug-likeness (QED) is 0.0713. The molecule has 7 aromatic rings. The molecule has 1 atom stereocenters. The van der Waals surface area contributed by atoms with Crippen molar-refractivity contribution in [1.82, 2.24) is 0 Å². The first-order valence-electron chi connectivity index (χ1n) is 21.4. The van der Waals surface area contributed by atoms with Crippen molar-refractivity contribution in [2.24, 2.45) is 0 Å². The average Bonchev–Trinajstić information content (AvgIpc) is 3.28. The zero-order chi connectivity index (χ0) is 46.2. The number of rotatable bonds is 11. The Morgan fingerprint density at radius 3 is 0.800 bits per heavy atom. The van der Waals surface area contributed by atoms with Crippen LogP contribution in [0.5, 0.6) is 34.5 Å². The standard InChI is InChI=1S/C56H52O9/c1-54(2,3)40-17-29-47(30-18-40)62-51(57)60-45-25-13-38(14-26-45)37-39-15-27-46(28-16-39)61-52(58)64-49-33-21-43(22-34-49)56(7,42-11-9-8-10-12-42)44-23-35-50(36-24-44)65-53(59)63-48-31-19-41(20-32-48)55(4,5)6/h8-36H,37H2,1-7H3. The van der Waals surface area contributed by atoms with Crippen molar-refractivity contribution in [2.45, 2.75) is 71.1 Å². The van der Waals surface area contributed by atoms with E-state index in [1.54, 1.807) is 72.8 Å². The Balaban J connectivity index is 0.919. The van der Waals surface area contributed by atoms with Gasteiger partial charge in [-0.05, 0) is 136 Å². The summed E-state index contributed by atoms with van der Waals surface area (Å²) in [6, 6.07) is 53.7. The largest absolute Gasteiger partial charge is 0.519 e. The van der Waals surface area contributed by atoms with Crippen LogP contribution in [0.15, 0.2) is 176 Å². The van der Waals surface area contributed by atoms with E-state index in [0.717, 1.165) is 38.9 Å². The molecule has 7 aromatic carbocycles. The highest BCUT2D eigenvalue weighted by atomic mass is 16.7. The topological polar surface area (TPSA) is 107 Å². The van der Waals surface area contributed by atoms with Crippen LogP contribution < -0.4 is 28.4 Å². The number of carbonyl (C=O) groups excluding carboxylic acids is 3. The summed E-state index contributed by atoms with van der Waals surface area (Å²) in [5, 5.41) is 0. The molecule has 1 unspecified atom stereocenters. The Bertz CT molecular complexity index is 2690. The molecule has 0 spiro atoms. The van der Waals surface area contributed by atoms with E-state index in [1.807, 2.05) is 91.0 Å². The second-order valence-electron chi connectivity index (χ2n) is 17.9. The highest BCUT2D eigenvalue weighted by Gasteiger charge is 2.31. The Labute approximate surface area is 380 Å². The molecular formula is C56H52O9. The summed E-state index contributed by atoms with van der Waals surface area (Å²) in [5.74, 6) is 2.16. The molecule has 0 fully saturated rings. The minimum Gasteiger partial charge on any atom is -0.395 e. The van der Waals surface area contributed by atoms with Crippen molar-refractivity contribution in [3.05, 3.63) is 215 Å². The molecule has 0 radical (unpaired) electrons. The van der Waals surface area contributed by atoms with Gasteiger partial charge in [0.2, 0.25) is 0 Å². The Kier molecular flexibility index (Phi) is 13.5. The highest BCUT2D eigenvalue weighted by Crippen LogP contribution is 2.40. The Morgan fingerprint density at radius 1 is 0.308 bits per heavy atom. The van der Waals surface area contributed by atoms with E-state index < -0.39 is 23.9 Å². The van der Waals surface area contributed by atoms with Gasteiger partial charge >= 0.3 is 18.5 Å². The van der Waals surface area contributed by atoms with Crippen LogP contribution in [-0.2, 0) is 22.7 Å². The number of ether oxygens (including phenoxy) is 6. The van der Waals surface area contributed by atoms with Crippen LogP contribution in [0.4, 0.5) is 14.4 Å². The lowest BCUT2D eigenvalue weighted by molar-refractivity contribution is 0.150. The lowest BCUT2D eigenvalue weighted by Gasteiger charge is -2.32. The normalized spacial score (nSPS) is 12.3. The summed E-state index contributed by atoms with van der Waals surface area (Å²) in [7, 11) is 0. The van der Waals surface area contributed by atoms with E-state index >= 15 is 0 Å². The number of carbonyl (C=O) groups is 3. The van der Waals surface area contributed by atoms with Gasteiger partial charge in [0.05, 0.1) is 0 Å². The summed E-state index contributed by atoms with van der Waals surface area (Å²) in [6.07, 6.45) is -1.91. The zero-order valence-corrected chi connectivity index (χ0v) is 37.6. The molecule has 0 aliphatic heterocycles. The van der Waals surface area contributed by atoms with Crippen LogP contribution in [0.3, 0.4) is 0 Å². The maximum Gasteiger partial charge on any atom is 0.519 e. The summed E-state index contributed by atoms with van der Waals surface area (Å²) in [4.78, 5) is 37.9. The molecule has 0 bridgehead atoms. The van der Waals surface area contributed by atoms with Gasteiger partial charge in [0.1, 0.15) is 34.5 Å². The molecule has 0 aliphatic carbocycles. The van der Waals surface area contributed by atoms with E-state index in [4.69, 9.17) is 28.4 Å². The SMILES string of the molecule is CC(C)(C)c1ccc(OC(=O)Oc2ccc(Cc3ccc(OC(=O)Oc4ccc(C(C)(c5ccccc5)c5ccc(OC(=O)Oc6ccc(C(C)(C)C)cc6)cc5)cc4)cc3)cc2)cc1. The first kappa shape index (κ1) is 45.4. The fraction of sp³-hybridized carbons (Fsp3) is 0.196. The third-order valence-corrected chi connectivity index (χ3v) is 11.1. The van der Waals surface area contributed by atoms with Crippen LogP contribution in [0, 0.1) is 0 Å². The Hall–Kier alpha value is -7.65. The zero-order valence-electron chi connectivity index (χ0n) is 37.6. The first-order chi connectivity index (χ1) is 31.0. The molecule has 330 valence electrons.